The van der Waals surface area contributed by atoms with Gasteiger partial charge in [0.25, 0.3) is 0 Å². The predicted octanol–water partition coefficient (Wildman–Crippen LogP) is 1.80. The highest BCUT2D eigenvalue weighted by atomic mass is 32.2. The standard InChI is InChI=1S/C22H27N3O5S/c1-3-30-20-11-7-6-10-19(20)25-14-18(12-21(25)26)22(27)24-13-16-8-4-5-9-17(16)15-31(28,29)23-2/h4-11,18,23H,3,12-15H2,1-2H3,(H,24,27). The van der Waals surface area contributed by atoms with Gasteiger partial charge in [0.15, 0.2) is 0 Å². The molecule has 31 heavy (non-hydrogen) atoms. The van der Waals surface area contributed by atoms with Crippen molar-refractivity contribution in [3.63, 3.8) is 0 Å². The zero-order chi connectivity index (χ0) is 22.4. The van der Waals surface area contributed by atoms with Crippen LogP contribution in [-0.2, 0) is 31.9 Å². The lowest BCUT2D eigenvalue weighted by molar-refractivity contribution is -0.126. The number of carbonyl (C=O) groups excluding carboxylic acids is 2. The highest BCUT2D eigenvalue weighted by Crippen LogP contribution is 2.33. The maximum absolute atomic E-state index is 12.8. The molecule has 1 aliphatic rings. The molecule has 9 heteroatoms. The molecule has 1 aliphatic heterocycles. The van der Waals surface area contributed by atoms with E-state index in [1.807, 2.05) is 25.1 Å². The molecule has 1 atom stereocenters. The van der Waals surface area contributed by atoms with E-state index in [-0.39, 0.29) is 37.1 Å². The molecule has 0 spiro atoms. The van der Waals surface area contributed by atoms with Gasteiger partial charge < -0.3 is 15.0 Å². The molecule has 2 amide bonds. The average molecular weight is 446 g/mol. The Bertz CT molecular complexity index is 1050. The highest BCUT2D eigenvalue weighted by Gasteiger charge is 2.36. The molecule has 2 aromatic rings. The smallest absolute Gasteiger partial charge is 0.227 e. The second-order valence-corrected chi connectivity index (χ2v) is 9.18. The molecule has 1 heterocycles. The molecule has 2 N–H and O–H groups in total. The molecule has 0 aliphatic carbocycles. The molecule has 0 radical (unpaired) electrons. The fourth-order valence-electron chi connectivity index (χ4n) is 3.55. The molecule has 1 unspecified atom stereocenters. The number of para-hydroxylation sites is 2. The maximum Gasteiger partial charge on any atom is 0.227 e. The van der Waals surface area contributed by atoms with Crippen LogP contribution in [0.25, 0.3) is 0 Å². The Morgan fingerprint density at radius 1 is 1.13 bits per heavy atom. The summed E-state index contributed by atoms with van der Waals surface area (Å²) in [6, 6.07) is 14.3. The fourth-order valence-corrected chi connectivity index (χ4v) is 4.38. The molecule has 0 aromatic heterocycles. The van der Waals surface area contributed by atoms with E-state index in [0.717, 1.165) is 5.56 Å². The van der Waals surface area contributed by atoms with Crippen molar-refractivity contribution in [2.75, 3.05) is 25.1 Å². The largest absolute Gasteiger partial charge is 0.492 e. The van der Waals surface area contributed by atoms with Gasteiger partial charge in [-0.3, -0.25) is 9.59 Å². The third kappa shape index (κ3) is 5.62. The highest BCUT2D eigenvalue weighted by molar-refractivity contribution is 7.88. The Morgan fingerprint density at radius 2 is 1.81 bits per heavy atom. The lowest BCUT2D eigenvalue weighted by Crippen LogP contribution is -2.33. The number of ether oxygens (including phenoxy) is 1. The first-order chi connectivity index (χ1) is 14.8. The van der Waals surface area contributed by atoms with E-state index >= 15 is 0 Å². The van der Waals surface area contributed by atoms with Crippen molar-refractivity contribution in [1.82, 2.24) is 10.0 Å². The number of nitrogens with zero attached hydrogens (tertiary/aromatic N) is 1. The van der Waals surface area contributed by atoms with Crippen LogP contribution in [0.2, 0.25) is 0 Å². The number of amides is 2. The van der Waals surface area contributed by atoms with Crippen molar-refractivity contribution < 1.29 is 22.7 Å². The van der Waals surface area contributed by atoms with Crippen LogP contribution in [0.3, 0.4) is 0 Å². The molecule has 0 saturated carbocycles. The summed E-state index contributed by atoms with van der Waals surface area (Å²) >= 11 is 0. The van der Waals surface area contributed by atoms with Gasteiger partial charge >= 0.3 is 0 Å². The zero-order valence-electron chi connectivity index (χ0n) is 17.6. The van der Waals surface area contributed by atoms with Crippen molar-refractivity contribution in [2.24, 2.45) is 5.92 Å². The van der Waals surface area contributed by atoms with E-state index in [1.54, 1.807) is 35.2 Å². The number of nitrogens with one attached hydrogen (secondary N) is 2. The summed E-state index contributed by atoms with van der Waals surface area (Å²) in [6.07, 6.45) is 0.113. The number of rotatable bonds is 9. The van der Waals surface area contributed by atoms with Crippen LogP contribution in [0.4, 0.5) is 5.69 Å². The summed E-state index contributed by atoms with van der Waals surface area (Å²) in [5.74, 6) is -0.419. The van der Waals surface area contributed by atoms with Gasteiger partial charge in [-0.05, 0) is 37.2 Å². The molecule has 166 valence electrons. The summed E-state index contributed by atoms with van der Waals surface area (Å²) in [6.45, 7) is 2.81. The minimum atomic E-state index is -3.43. The monoisotopic (exact) mass is 445 g/mol. The molecule has 8 nitrogen and oxygen atoms in total. The second kappa shape index (κ2) is 9.93. The Labute approximate surface area is 182 Å². The molecule has 0 bridgehead atoms. The second-order valence-electron chi connectivity index (χ2n) is 7.26. The third-order valence-electron chi connectivity index (χ3n) is 5.18. The number of hydrogen-bond donors (Lipinski definition) is 2. The number of hydrogen-bond acceptors (Lipinski definition) is 5. The van der Waals surface area contributed by atoms with E-state index in [0.29, 0.717) is 23.6 Å². The van der Waals surface area contributed by atoms with Crippen LogP contribution in [-0.4, -0.2) is 40.4 Å². The molecular weight excluding hydrogens is 418 g/mol. The minimum Gasteiger partial charge on any atom is -0.492 e. The Hall–Kier alpha value is -2.91. The Kier molecular flexibility index (Phi) is 7.29. The van der Waals surface area contributed by atoms with Gasteiger partial charge in [0.2, 0.25) is 21.8 Å². The van der Waals surface area contributed by atoms with Crippen molar-refractivity contribution in [3.05, 3.63) is 59.7 Å². The summed E-state index contributed by atoms with van der Waals surface area (Å²) < 4.78 is 31.7. The SMILES string of the molecule is CCOc1ccccc1N1CC(C(=O)NCc2ccccc2CS(=O)(=O)NC)CC1=O. The molecule has 1 fully saturated rings. The van der Waals surface area contributed by atoms with E-state index < -0.39 is 15.9 Å². The lowest BCUT2D eigenvalue weighted by Gasteiger charge is -2.20. The van der Waals surface area contributed by atoms with Gasteiger partial charge in [0.1, 0.15) is 5.75 Å². The van der Waals surface area contributed by atoms with Crippen LogP contribution in [0.5, 0.6) is 5.75 Å². The maximum atomic E-state index is 12.8. The van der Waals surface area contributed by atoms with Crippen LogP contribution in [0, 0.1) is 5.92 Å². The van der Waals surface area contributed by atoms with Gasteiger partial charge in [-0.1, -0.05) is 36.4 Å². The number of benzene rings is 2. The summed E-state index contributed by atoms with van der Waals surface area (Å²) in [5.41, 5.74) is 2.00. The zero-order valence-corrected chi connectivity index (χ0v) is 18.4. The molecular formula is C22H27N3O5S. The van der Waals surface area contributed by atoms with E-state index in [2.05, 4.69) is 10.0 Å². The van der Waals surface area contributed by atoms with E-state index in [4.69, 9.17) is 4.74 Å². The third-order valence-corrected chi connectivity index (χ3v) is 6.49. The molecule has 3 rings (SSSR count). The van der Waals surface area contributed by atoms with Crippen molar-refractivity contribution in [1.29, 1.82) is 0 Å². The summed E-state index contributed by atoms with van der Waals surface area (Å²) in [5, 5.41) is 2.85. The number of carbonyl (C=O) groups is 2. The first-order valence-electron chi connectivity index (χ1n) is 10.1. The Morgan fingerprint density at radius 3 is 2.52 bits per heavy atom. The lowest BCUT2D eigenvalue weighted by atomic mass is 10.1. The number of sulfonamides is 1. The van der Waals surface area contributed by atoms with Gasteiger partial charge in [0.05, 0.1) is 24.0 Å². The van der Waals surface area contributed by atoms with Gasteiger partial charge in [-0.2, -0.15) is 0 Å². The van der Waals surface area contributed by atoms with Crippen LogP contribution in [0.15, 0.2) is 48.5 Å². The van der Waals surface area contributed by atoms with Crippen molar-refractivity contribution in [3.8, 4) is 5.75 Å². The minimum absolute atomic E-state index is 0.113. The fraction of sp³-hybridized carbons (Fsp3) is 0.364. The van der Waals surface area contributed by atoms with E-state index in [9.17, 15) is 18.0 Å². The topological polar surface area (TPSA) is 105 Å². The van der Waals surface area contributed by atoms with Crippen LogP contribution in [0.1, 0.15) is 24.5 Å². The average Bonchev–Trinajstić information content (AvgIpc) is 3.15. The van der Waals surface area contributed by atoms with Crippen molar-refractivity contribution in [2.45, 2.75) is 25.6 Å². The Balaban J connectivity index is 1.66. The number of anilines is 1. The van der Waals surface area contributed by atoms with Gasteiger partial charge in [-0.15, -0.1) is 0 Å². The first kappa shape index (κ1) is 22.8. The summed E-state index contributed by atoms with van der Waals surface area (Å²) in [7, 11) is -2.06. The predicted molar refractivity (Wildman–Crippen MR) is 118 cm³/mol. The van der Waals surface area contributed by atoms with Crippen LogP contribution < -0.4 is 19.7 Å². The van der Waals surface area contributed by atoms with Crippen molar-refractivity contribution >= 4 is 27.5 Å². The van der Waals surface area contributed by atoms with Gasteiger partial charge in [-0.25, -0.2) is 13.1 Å². The first-order valence-corrected chi connectivity index (χ1v) is 11.8. The quantitative estimate of drug-likeness (QED) is 0.613. The normalized spacial score (nSPS) is 16.4. The van der Waals surface area contributed by atoms with E-state index in [1.165, 1.54) is 7.05 Å². The van der Waals surface area contributed by atoms with Gasteiger partial charge in [0, 0.05) is 19.5 Å². The molecule has 2 aromatic carbocycles. The molecule has 1 saturated heterocycles. The summed E-state index contributed by atoms with van der Waals surface area (Å²) in [4.78, 5) is 26.9. The van der Waals surface area contributed by atoms with Crippen LogP contribution >= 0.6 is 0 Å².